The van der Waals surface area contributed by atoms with E-state index >= 15 is 0 Å². The van der Waals surface area contributed by atoms with Crippen molar-refractivity contribution in [2.45, 2.75) is 50.3 Å². The molecule has 1 atom stereocenters. The molecule has 0 aromatic heterocycles. The number of rotatable bonds is 6. The molecule has 2 aliphatic heterocycles. The number of amides is 1. The Hall–Kier alpha value is -1.60. The summed E-state index contributed by atoms with van der Waals surface area (Å²) in [5.41, 5.74) is 0.961. The maximum atomic E-state index is 13.1. The van der Waals surface area contributed by atoms with E-state index in [4.69, 9.17) is 4.74 Å². The Morgan fingerprint density at radius 3 is 2.63 bits per heavy atom. The number of hydrogen-bond donors (Lipinski definition) is 0. The SMILES string of the molecule is COc1cc(C)ccc1S(=O)(=O)N1CCC[C@@H](CCC(=O)N2CCCC2)C1. The van der Waals surface area contributed by atoms with Crippen molar-refractivity contribution in [3.05, 3.63) is 23.8 Å². The minimum atomic E-state index is -3.60. The van der Waals surface area contributed by atoms with Crippen LogP contribution in [0.2, 0.25) is 0 Å². The van der Waals surface area contributed by atoms with Gasteiger partial charge in [0.25, 0.3) is 0 Å². The standard InChI is InChI=1S/C20H30N2O4S/c1-16-7-9-19(18(14-16)26-2)27(24,25)22-13-5-6-17(15-22)8-10-20(23)21-11-3-4-12-21/h7,9,14,17H,3-6,8,10-13,15H2,1-2H3/t17-/m0/s1. The molecule has 6 nitrogen and oxygen atoms in total. The van der Waals surface area contributed by atoms with Gasteiger partial charge in [-0.1, -0.05) is 6.07 Å². The number of nitrogens with zero attached hydrogens (tertiary/aromatic N) is 2. The minimum absolute atomic E-state index is 0.215. The minimum Gasteiger partial charge on any atom is -0.495 e. The molecule has 7 heteroatoms. The first kappa shape index (κ1) is 20.1. The fraction of sp³-hybridized carbons (Fsp3) is 0.650. The fourth-order valence-corrected chi connectivity index (χ4v) is 5.75. The van der Waals surface area contributed by atoms with Crippen LogP contribution in [0.15, 0.2) is 23.1 Å². The van der Waals surface area contributed by atoms with Gasteiger partial charge in [0.1, 0.15) is 10.6 Å². The first-order valence-electron chi connectivity index (χ1n) is 9.84. The van der Waals surface area contributed by atoms with E-state index in [1.165, 1.54) is 7.11 Å². The molecule has 2 aliphatic rings. The number of aryl methyl sites for hydroxylation is 1. The zero-order valence-electron chi connectivity index (χ0n) is 16.3. The number of methoxy groups -OCH3 is 1. The normalized spacial score (nSPS) is 21.4. The number of carbonyl (C=O) groups excluding carboxylic acids is 1. The Morgan fingerprint density at radius 1 is 1.19 bits per heavy atom. The van der Waals surface area contributed by atoms with Crippen molar-refractivity contribution >= 4 is 15.9 Å². The zero-order valence-corrected chi connectivity index (χ0v) is 17.1. The highest BCUT2D eigenvalue weighted by molar-refractivity contribution is 7.89. The lowest BCUT2D eigenvalue weighted by molar-refractivity contribution is -0.130. The van der Waals surface area contributed by atoms with E-state index in [0.29, 0.717) is 25.3 Å². The van der Waals surface area contributed by atoms with E-state index in [-0.39, 0.29) is 16.7 Å². The molecular weight excluding hydrogens is 364 g/mol. The summed E-state index contributed by atoms with van der Waals surface area (Å²) in [5.74, 6) is 0.838. The molecule has 150 valence electrons. The average molecular weight is 395 g/mol. The highest BCUT2D eigenvalue weighted by Gasteiger charge is 2.32. The number of sulfonamides is 1. The third-order valence-electron chi connectivity index (χ3n) is 5.64. The predicted molar refractivity (Wildman–Crippen MR) is 104 cm³/mol. The molecule has 2 saturated heterocycles. The summed E-state index contributed by atoms with van der Waals surface area (Å²) >= 11 is 0. The van der Waals surface area contributed by atoms with Gasteiger partial charge in [0, 0.05) is 32.6 Å². The van der Waals surface area contributed by atoms with E-state index in [2.05, 4.69) is 0 Å². The van der Waals surface area contributed by atoms with Gasteiger partial charge in [0.05, 0.1) is 7.11 Å². The van der Waals surface area contributed by atoms with Gasteiger partial charge in [-0.2, -0.15) is 4.31 Å². The molecule has 27 heavy (non-hydrogen) atoms. The molecule has 0 unspecified atom stereocenters. The Labute approximate surface area is 162 Å². The molecule has 3 rings (SSSR count). The first-order valence-corrected chi connectivity index (χ1v) is 11.3. The largest absolute Gasteiger partial charge is 0.495 e. The van der Waals surface area contributed by atoms with Gasteiger partial charge >= 0.3 is 0 Å². The quantitative estimate of drug-likeness (QED) is 0.744. The number of benzene rings is 1. The number of carbonyl (C=O) groups is 1. The van der Waals surface area contributed by atoms with Gasteiger partial charge in [0.2, 0.25) is 15.9 Å². The molecule has 2 fully saturated rings. The summed E-state index contributed by atoms with van der Waals surface area (Å²) in [4.78, 5) is 14.4. The van der Waals surface area contributed by atoms with E-state index in [1.807, 2.05) is 11.8 Å². The van der Waals surface area contributed by atoms with Crippen LogP contribution < -0.4 is 4.74 Å². The molecule has 0 radical (unpaired) electrons. The maximum absolute atomic E-state index is 13.1. The Balaban J connectivity index is 1.65. The predicted octanol–water partition coefficient (Wildman–Crippen LogP) is 2.81. The van der Waals surface area contributed by atoms with Gasteiger partial charge in [-0.3, -0.25) is 4.79 Å². The lowest BCUT2D eigenvalue weighted by Crippen LogP contribution is -2.40. The topological polar surface area (TPSA) is 66.9 Å². The molecule has 1 aromatic rings. The van der Waals surface area contributed by atoms with Crippen LogP contribution in [0.3, 0.4) is 0 Å². The van der Waals surface area contributed by atoms with Crippen molar-refractivity contribution < 1.29 is 17.9 Å². The zero-order chi connectivity index (χ0) is 19.4. The molecule has 0 N–H and O–H groups in total. The van der Waals surface area contributed by atoms with Gasteiger partial charge < -0.3 is 9.64 Å². The molecule has 0 spiro atoms. The third kappa shape index (κ3) is 4.63. The second kappa shape index (κ2) is 8.61. The number of likely N-dealkylation sites (tertiary alicyclic amines) is 1. The molecule has 0 bridgehead atoms. The summed E-state index contributed by atoms with van der Waals surface area (Å²) in [6.07, 6.45) is 5.28. The molecule has 1 aromatic carbocycles. The molecule has 0 aliphatic carbocycles. The average Bonchev–Trinajstić information content (AvgIpc) is 3.21. The molecular formula is C20H30N2O4S. The lowest BCUT2D eigenvalue weighted by atomic mass is 9.94. The summed E-state index contributed by atoms with van der Waals surface area (Å²) in [7, 11) is -2.10. The fourth-order valence-electron chi connectivity index (χ4n) is 4.06. The summed E-state index contributed by atoms with van der Waals surface area (Å²) < 4.78 is 33.2. The summed E-state index contributed by atoms with van der Waals surface area (Å²) in [6.45, 7) is 4.66. The van der Waals surface area contributed by atoms with Crippen LogP contribution in [-0.4, -0.2) is 56.8 Å². The summed E-state index contributed by atoms with van der Waals surface area (Å²) in [5, 5.41) is 0. The lowest BCUT2D eigenvalue weighted by Gasteiger charge is -2.32. The van der Waals surface area contributed by atoms with Crippen molar-refractivity contribution in [3.8, 4) is 5.75 Å². The van der Waals surface area contributed by atoms with E-state index in [1.54, 1.807) is 22.5 Å². The highest BCUT2D eigenvalue weighted by atomic mass is 32.2. The van der Waals surface area contributed by atoms with Crippen molar-refractivity contribution in [2.75, 3.05) is 33.3 Å². The Bertz CT molecular complexity index is 772. The molecule has 0 saturated carbocycles. The van der Waals surface area contributed by atoms with Crippen LogP contribution in [0.25, 0.3) is 0 Å². The molecule has 2 heterocycles. The maximum Gasteiger partial charge on any atom is 0.246 e. The van der Waals surface area contributed by atoms with Crippen LogP contribution in [-0.2, 0) is 14.8 Å². The number of ether oxygens (including phenoxy) is 1. The van der Waals surface area contributed by atoms with Gasteiger partial charge in [-0.15, -0.1) is 0 Å². The third-order valence-corrected chi connectivity index (χ3v) is 7.55. The smallest absolute Gasteiger partial charge is 0.246 e. The second-order valence-corrected chi connectivity index (χ2v) is 9.56. The summed E-state index contributed by atoms with van der Waals surface area (Å²) in [6, 6.07) is 5.18. The van der Waals surface area contributed by atoms with Crippen LogP contribution in [0.4, 0.5) is 0 Å². The Morgan fingerprint density at radius 2 is 1.93 bits per heavy atom. The van der Waals surface area contributed by atoms with Crippen LogP contribution in [0, 0.1) is 12.8 Å². The van der Waals surface area contributed by atoms with Crippen LogP contribution in [0.5, 0.6) is 5.75 Å². The van der Waals surface area contributed by atoms with E-state index < -0.39 is 10.0 Å². The van der Waals surface area contributed by atoms with Crippen molar-refractivity contribution in [2.24, 2.45) is 5.92 Å². The van der Waals surface area contributed by atoms with Gasteiger partial charge in [-0.25, -0.2) is 8.42 Å². The molecule has 1 amide bonds. The van der Waals surface area contributed by atoms with Crippen molar-refractivity contribution in [1.29, 1.82) is 0 Å². The monoisotopic (exact) mass is 394 g/mol. The second-order valence-electron chi connectivity index (χ2n) is 7.65. The first-order chi connectivity index (χ1) is 12.9. The Kier molecular flexibility index (Phi) is 6.42. The number of piperidine rings is 1. The van der Waals surface area contributed by atoms with Crippen LogP contribution in [0.1, 0.15) is 44.1 Å². The van der Waals surface area contributed by atoms with Crippen LogP contribution >= 0.6 is 0 Å². The van der Waals surface area contributed by atoms with Crippen molar-refractivity contribution in [1.82, 2.24) is 9.21 Å². The van der Waals surface area contributed by atoms with E-state index in [9.17, 15) is 13.2 Å². The van der Waals surface area contributed by atoms with E-state index in [0.717, 1.165) is 50.8 Å². The number of hydrogen-bond acceptors (Lipinski definition) is 4. The van der Waals surface area contributed by atoms with Gasteiger partial charge in [0.15, 0.2) is 0 Å². The van der Waals surface area contributed by atoms with Gasteiger partial charge in [-0.05, 0) is 62.6 Å². The highest BCUT2D eigenvalue weighted by Crippen LogP contribution is 2.31. The van der Waals surface area contributed by atoms with Crippen molar-refractivity contribution in [3.63, 3.8) is 0 Å².